The molecule has 0 aliphatic rings. The van der Waals surface area contributed by atoms with Crippen LogP contribution in [-0.2, 0) is 14.3 Å². The quantitative estimate of drug-likeness (QED) is 0.534. The second-order valence-electron chi connectivity index (χ2n) is 2.28. The maximum Gasteiger partial charge on any atom is 0.358 e. The van der Waals surface area contributed by atoms with Crippen molar-refractivity contribution in [3.05, 3.63) is 0 Å². The van der Waals surface area contributed by atoms with E-state index >= 15 is 0 Å². The Balaban J connectivity index is 4.34. The van der Waals surface area contributed by atoms with Crippen LogP contribution in [0.4, 0.5) is 0 Å². The summed E-state index contributed by atoms with van der Waals surface area (Å²) >= 11 is 0.981. The Kier molecular flexibility index (Phi) is 4.09. The molecule has 0 aliphatic carbocycles. The summed E-state index contributed by atoms with van der Waals surface area (Å²) in [6.07, 6.45) is 1.76. The lowest BCUT2D eigenvalue weighted by Crippen LogP contribution is -2.36. The monoisotopic (exact) mass is 192 g/mol. The number of rotatable bonds is 4. The molecular weight excluding hydrogens is 180 g/mol. The number of carbonyl (C=O) groups is 2. The number of carbonyl (C=O) groups excluding carboxylic acids is 1. The van der Waals surface area contributed by atoms with E-state index < -0.39 is 16.9 Å². The fourth-order valence-corrected chi connectivity index (χ4v) is 0.813. The van der Waals surface area contributed by atoms with Crippen LogP contribution in [0.25, 0.3) is 0 Å². The van der Waals surface area contributed by atoms with Crippen LogP contribution in [0.1, 0.15) is 20.3 Å². The molecule has 0 aromatic heterocycles. The zero-order valence-corrected chi connectivity index (χ0v) is 8.10. The molecule has 12 heavy (non-hydrogen) atoms. The predicted molar refractivity (Wildman–Crippen MR) is 45.9 cm³/mol. The van der Waals surface area contributed by atoms with Crippen LogP contribution in [0.3, 0.4) is 0 Å². The van der Waals surface area contributed by atoms with Gasteiger partial charge in [-0.15, -0.1) is 11.8 Å². The van der Waals surface area contributed by atoms with Crippen molar-refractivity contribution < 1.29 is 19.4 Å². The molecule has 0 rings (SSSR count). The lowest BCUT2D eigenvalue weighted by molar-refractivity contribution is -0.165. The molecule has 4 nitrogen and oxygen atoms in total. The van der Waals surface area contributed by atoms with Crippen LogP contribution < -0.4 is 0 Å². The van der Waals surface area contributed by atoms with Gasteiger partial charge < -0.3 is 9.84 Å². The van der Waals surface area contributed by atoms with Gasteiger partial charge in [-0.25, -0.2) is 4.79 Å². The van der Waals surface area contributed by atoms with Crippen molar-refractivity contribution in [1.29, 1.82) is 0 Å². The lowest BCUT2D eigenvalue weighted by atomic mass is 10.4. The van der Waals surface area contributed by atoms with Crippen LogP contribution in [0, 0.1) is 0 Å². The van der Waals surface area contributed by atoms with Crippen molar-refractivity contribution in [2.24, 2.45) is 0 Å². The van der Waals surface area contributed by atoms with Gasteiger partial charge in [0, 0.05) is 6.42 Å². The molecule has 1 atom stereocenters. The Morgan fingerprint density at radius 1 is 1.58 bits per heavy atom. The van der Waals surface area contributed by atoms with E-state index in [0.717, 1.165) is 11.8 Å². The molecule has 0 aromatic carbocycles. The maximum absolute atomic E-state index is 10.8. The average molecular weight is 192 g/mol. The van der Waals surface area contributed by atoms with Gasteiger partial charge in [0.15, 0.2) is 0 Å². The van der Waals surface area contributed by atoms with Gasteiger partial charge in [0.1, 0.15) is 0 Å². The van der Waals surface area contributed by atoms with E-state index in [1.807, 2.05) is 0 Å². The molecule has 0 heterocycles. The summed E-state index contributed by atoms with van der Waals surface area (Å²) in [5.74, 6) is -1.65. The Morgan fingerprint density at radius 2 is 2.08 bits per heavy atom. The Morgan fingerprint density at radius 3 is 2.33 bits per heavy atom. The van der Waals surface area contributed by atoms with Gasteiger partial charge in [0.25, 0.3) is 4.93 Å². The summed E-state index contributed by atoms with van der Waals surface area (Å²) in [6.45, 7) is 2.97. The Labute approximate surface area is 75.3 Å². The standard InChI is InChI=1S/C7H12O4S/c1-4-5(8)11-7(2,12-3)6(9)10/h4H2,1-3H3,(H,9,10). The third-order valence-corrected chi connectivity index (χ3v) is 2.41. The van der Waals surface area contributed by atoms with Crippen molar-refractivity contribution in [1.82, 2.24) is 0 Å². The first kappa shape index (κ1) is 11.3. The molecule has 0 bridgehead atoms. The summed E-state index contributed by atoms with van der Waals surface area (Å²) < 4.78 is 4.72. The number of hydrogen-bond donors (Lipinski definition) is 1. The van der Waals surface area contributed by atoms with E-state index in [4.69, 9.17) is 9.84 Å². The van der Waals surface area contributed by atoms with Crippen LogP contribution in [0.5, 0.6) is 0 Å². The van der Waals surface area contributed by atoms with Gasteiger partial charge in [-0.1, -0.05) is 6.92 Å². The molecule has 0 aliphatic heterocycles. The number of hydrogen-bond acceptors (Lipinski definition) is 4. The first-order valence-electron chi connectivity index (χ1n) is 3.46. The zero-order chi connectivity index (χ0) is 9.78. The highest BCUT2D eigenvalue weighted by Crippen LogP contribution is 2.24. The Hall–Kier alpha value is -0.710. The van der Waals surface area contributed by atoms with Crippen molar-refractivity contribution in [2.75, 3.05) is 6.26 Å². The van der Waals surface area contributed by atoms with Crippen LogP contribution in [0.2, 0.25) is 0 Å². The van der Waals surface area contributed by atoms with E-state index in [2.05, 4.69) is 0 Å². The van der Waals surface area contributed by atoms with Crippen LogP contribution in [0.15, 0.2) is 0 Å². The highest BCUT2D eigenvalue weighted by molar-refractivity contribution is 8.00. The lowest BCUT2D eigenvalue weighted by Gasteiger charge is -2.21. The van der Waals surface area contributed by atoms with E-state index in [1.165, 1.54) is 6.92 Å². The number of thioether (sulfide) groups is 1. The predicted octanol–water partition coefficient (Wildman–Crippen LogP) is 1.10. The van der Waals surface area contributed by atoms with Crippen molar-refractivity contribution in [3.8, 4) is 0 Å². The third kappa shape index (κ3) is 2.73. The van der Waals surface area contributed by atoms with Gasteiger partial charge in [-0.2, -0.15) is 0 Å². The maximum atomic E-state index is 10.8. The number of ether oxygens (including phenoxy) is 1. The molecule has 0 radical (unpaired) electrons. The fraction of sp³-hybridized carbons (Fsp3) is 0.714. The smallest absolute Gasteiger partial charge is 0.358 e. The summed E-state index contributed by atoms with van der Waals surface area (Å²) in [6, 6.07) is 0. The molecule has 1 N–H and O–H groups in total. The van der Waals surface area contributed by atoms with Crippen molar-refractivity contribution >= 4 is 23.7 Å². The zero-order valence-electron chi connectivity index (χ0n) is 7.29. The molecule has 0 aromatic rings. The van der Waals surface area contributed by atoms with Gasteiger partial charge in [-0.05, 0) is 13.2 Å². The summed E-state index contributed by atoms with van der Waals surface area (Å²) in [5.41, 5.74) is 0. The van der Waals surface area contributed by atoms with Crippen LogP contribution in [-0.4, -0.2) is 28.2 Å². The molecule has 0 fully saturated rings. The average Bonchev–Trinajstić information content (AvgIpc) is 2.03. The molecule has 1 unspecified atom stereocenters. The van der Waals surface area contributed by atoms with Gasteiger partial charge >= 0.3 is 11.9 Å². The van der Waals surface area contributed by atoms with Gasteiger partial charge in [-0.3, -0.25) is 4.79 Å². The Bertz CT molecular complexity index is 192. The molecule has 0 amide bonds. The first-order valence-corrected chi connectivity index (χ1v) is 4.69. The fourth-order valence-electron chi connectivity index (χ4n) is 0.462. The molecular formula is C7H12O4S. The number of carboxylic acids is 1. The molecule has 0 saturated heterocycles. The first-order chi connectivity index (χ1) is 5.46. The van der Waals surface area contributed by atoms with Crippen molar-refractivity contribution in [2.45, 2.75) is 25.2 Å². The molecule has 5 heteroatoms. The van der Waals surface area contributed by atoms with E-state index in [0.29, 0.717) is 0 Å². The number of esters is 1. The third-order valence-electron chi connectivity index (χ3n) is 1.38. The SMILES string of the molecule is CCC(=O)OC(C)(SC)C(=O)O. The minimum Gasteiger partial charge on any atom is -0.478 e. The summed E-state index contributed by atoms with van der Waals surface area (Å²) in [5, 5.41) is 8.68. The molecule has 0 spiro atoms. The van der Waals surface area contributed by atoms with E-state index in [1.54, 1.807) is 13.2 Å². The topological polar surface area (TPSA) is 63.6 Å². The van der Waals surface area contributed by atoms with Gasteiger partial charge in [0.05, 0.1) is 0 Å². The second-order valence-corrected chi connectivity index (χ2v) is 3.47. The minimum absolute atomic E-state index is 0.184. The highest BCUT2D eigenvalue weighted by atomic mass is 32.2. The largest absolute Gasteiger partial charge is 0.478 e. The normalized spacial score (nSPS) is 14.9. The highest BCUT2D eigenvalue weighted by Gasteiger charge is 2.36. The molecule has 70 valence electrons. The second kappa shape index (κ2) is 4.35. The van der Waals surface area contributed by atoms with E-state index in [-0.39, 0.29) is 6.42 Å². The summed E-state index contributed by atoms with van der Waals surface area (Å²) in [4.78, 5) is 19.9. The van der Waals surface area contributed by atoms with Gasteiger partial charge in [0.2, 0.25) is 0 Å². The molecule has 0 saturated carbocycles. The minimum atomic E-state index is -1.45. The van der Waals surface area contributed by atoms with Crippen LogP contribution >= 0.6 is 11.8 Å². The number of carboxylic acid groups (broad SMARTS) is 1. The van der Waals surface area contributed by atoms with Crippen molar-refractivity contribution in [3.63, 3.8) is 0 Å². The van der Waals surface area contributed by atoms with E-state index in [9.17, 15) is 9.59 Å². The number of aliphatic carboxylic acids is 1. The summed E-state index contributed by atoms with van der Waals surface area (Å²) in [7, 11) is 0.